The third kappa shape index (κ3) is 4.65. The highest BCUT2D eigenvalue weighted by molar-refractivity contribution is 6.32. The maximum absolute atomic E-state index is 6.28. The molecule has 0 aliphatic heterocycles. The summed E-state index contributed by atoms with van der Waals surface area (Å²) in [5.74, 6) is 1.30. The molecule has 1 aliphatic rings. The summed E-state index contributed by atoms with van der Waals surface area (Å²) in [6, 6.07) is 4.63. The molecule has 4 heteroatoms. The Balaban J connectivity index is 2.20. The van der Waals surface area contributed by atoms with Crippen LogP contribution < -0.4 is 14.8 Å². The minimum Gasteiger partial charge on any atom is -0.491 e. The number of methoxy groups -OCH3 is 1. The zero-order valence-corrected chi connectivity index (χ0v) is 13.8. The van der Waals surface area contributed by atoms with Crippen molar-refractivity contribution in [1.29, 1.82) is 0 Å². The summed E-state index contributed by atoms with van der Waals surface area (Å²) in [6.07, 6.45) is 5.82. The van der Waals surface area contributed by atoms with Gasteiger partial charge in [0.2, 0.25) is 0 Å². The summed E-state index contributed by atoms with van der Waals surface area (Å²) in [4.78, 5) is 0. The van der Waals surface area contributed by atoms with Crippen LogP contribution in [0.1, 0.15) is 38.7 Å². The molecule has 3 nitrogen and oxygen atoms in total. The second kappa shape index (κ2) is 7.71. The average molecular weight is 310 g/mol. The fraction of sp³-hybridized carbons (Fsp3) is 0.529. The average Bonchev–Trinajstić information content (AvgIpc) is 3.28. The van der Waals surface area contributed by atoms with Crippen LogP contribution in [0.3, 0.4) is 0 Å². The number of ether oxygens (including phenoxy) is 2. The van der Waals surface area contributed by atoms with Gasteiger partial charge in [-0.05, 0) is 43.9 Å². The van der Waals surface area contributed by atoms with Crippen LogP contribution in [0.15, 0.2) is 17.7 Å². The van der Waals surface area contributed by atoms with Gasteiger partial charge in [-0.2, -0.15) is 0 Å². The van der Waals surface area contributed by atoms with Crippen LogP contribution in [0.4, 0.5) is 0 Å². The second-order valence-corrected chi connectivity index (χ2v) is 5.69. The van der Waals surface area contributed by atoms with Crippen LogP contribution in [0, 0.1) is 0 Å². The summed E-state index contributed by atoms with van der Waals surface area (Å²) in [6.45, 7) is 5.65. The zero-order chi connectivity index (χ0) is 15.2. The Bertz CT molecular complexity index is 510. The lowest BCUT2D eigenvalue weighted by Gasteiger charge is -2.13. The first-order valence-electron chi connectivity index (χ1n) is 7.61. The van der Waals surface area contributed by atoms with Gasteiger partial charge >= 0.3 is 0 Å². The number of rotatable bonds is 8. The summed E-state index contributed by atoms with van der Waals surface area (Å²) < 4.78 is 10.9. The van der Waals surface area contributed by atoms with Gasteiger partial charge in [-0.25, -0.2) is 0 Å². The van der Waals surface area contributed by atoms with E-state index in [2.05, 4.69) is 18.3 Å². The third-order valence-corrected chi connectivity index (χ3v) is 3.84. The van der Waals surface area contributed by atoms with E-state index in [1.165, 1.54) is 18.4 Å². The van der Waals surface area contributed by atoms with Gasteiger partial charge in [0.1, 0.15) is 0 Å². The SMILES string of the molecule is CCOc1cc(C=C(CC)CNC2CC2)cc(Cl)c1OC. The third-order valence-electron chi connectivity index (χ3n) is 3.56. The van der Waals surface area contributed by atoms with E-state index in [0.717, 1.165) is 24.6 Å². The molecule has 21 heavy (non-hydrogen) atoms. The first-order chi connectivity index (χ1) is 10.2. The highest BCUT2D eigenvalue weighted by Crippen LogP contribution is 2.37. The van der Waals surface area contributed by atoms with Crippen molar-refractivity contribution < 1.29 is 9.47 Å². The first-order valence-corrected chi connectivity index (χ1v) is 7.98. The van der Waals surface area contributed by atoms with Gasteiger partial charge in [0.15, 0.2) is 11.5 Å². The number of benzene rings is 1. The Hall–Kier alpha value is -1.19. The maximum atomic E-state index is 6.28. The highest BCUT2D eigenvalue weighted by atomic mass is 35.5. The van der Waals surface area contributed by atoms with Gasteiger partial charge in [0.25, 0.3) is 0 Å². The molecule has 1 aromatic carbocycles. The normalized spacial score (nSPS) is 15.1. The molecule has 0 aromatic heterocycles. The van der Waals surface area contributed by atoms with Gasteiger partial charge in [-0.3, -0.25) is 0 Å². The summed E-state index contributed by atoms with van der Waals surface area (Å²) in [5, 5.41) is 4.13. The van der Waals surface area contributed by atoms with E-state index in [-0.39, 0.29) is 0 Å². The molecule has 1 aromatic rings. The van der Waals surface area contributed by atoms with E-state index in [9.17, 15) is 0 Å². The van der Waals surface area contributed by atoms with E-state index in [4.69, 9.17) is 21.1 Å². The van der Waals surface area contributed by atoms with Crippen molar-refractivity contribution in [2.24, 2.45) is 0 Å². The Labute approximate surface area is 132 Å². The van der Waals surface area contributed by atoms with Crippen molar-refractivity contribution in [3.63, 3.8) is 0 Å². The van der Waals surface area contributed by atoms with Crippen molar-refractivity contribution in [3.8, 4) is 11.5 Å². The fourth-order valence-corrected chi connectivity index (χ4v) is 2.51. The largest absolute Gasteiger partial charge is 0.491 e. The zero-order valence-electron chi connectivity index (χ0n) is 13.0. The fourth-order valence-electron chi connectivity index (χ4n) is 2.21. The molecule has 2 rings (SSSR count). The number of hydrogen-bond acceptors (Lipinski definition) is 3. The van der Waals surface area contributed by atoms with Crippen molar-refractivity contribution in [3.05, 3.63) is 28.3 Å². The second-order valence-electron chi connectivity index (χ2n) is 5.28. The van der Waals surface area contributed by atoms with Gasteiger partial charge < -0.3 is 14.8 Å². The molecule has 1 fully saturated rings. The van der Waals surface area contributed by atoms with Crippen LogP contribution in [0.5, 0.6) is 11.5 Å². The molecule has 0 bridgehead atoms. The molecule has 0 amide bonds. The lowest BCUT2D eigenvalue weighted by molar-refractivity contribution is 0.311. The Morgan fingerprint density at radius 3 is 2.71 bits per heavy atom. The van der Waals surface area contributed by atoms with Gasteiger partial charge in [-0.15, -0.1) is 0 Å². The Kier molecular flexibility index (Phi) is 5.95. The summed E-state index contributed by atoms with van der Waals surface area (Å²) in [5.41, 5.74) is 2.42. The molecule has 0 atom stereocenters. The van der Waals surface area contributed by atoms with Crippen molar-refractivity contribution >= 4 is 17.7 Å². The Morgan fingerprint density at radius 2 is 2.14 bits per heavy atom. The topological polar surface area (TPSA) is 30.5 Å². The van der Waals surface area contributed by atoms with Crippen LogP contribution in [-0.4, -0.2) is 26.3 Å². The predicted molar refractivity (Wildman–Crippen MR) is 88.5 cm³/mol. The van der Waals surface area contributed by atoms with Gasteiger partial charge in [0, 0.05) is 12.6 Å². The quantitative estimate of drug-likeness (QED) is 0.777. The molecule has 1 saturated carbocycles. The number of halogens is 1. The predicted octanol–water partition coefficient (Wildman–Crippen LogP) is 4.29. The van der Waals surface area contributed by atoms with E-state index < -0.39 is 0 Å². The molecule has 0 saturated heterocycles. The molecule has 0 radical (unpaired) electrons. The van der Waals surface area contributed by atoms with Crippen molar-refractivity contribution in [2.75, 3.05) is 20.3 Å². The first kappa shape index (κ1) is 16.2. The lowest BCUT2D eigenvalue weighted by Crippen LogP contribution is -2.18. The van der Waals surface area contributed by atoms with Crippen LogP contribution >= 0.6 is 11.6 Å². The lowest BCUT2D eigenvalue weighted by atomic mass is 10.1. The van der Waals surface area contributed by atoms with E-state index in [1.54, 1.807) is 7.11 Å². The molecule has 1 aliphatic carbocycles. The highest BCUT2D eigenvalue weighted by Gasteiger charge is 2.20. The monoisotopic (exact) mass is 309 g/mol. The Morgan fingerprint density at radius 1 is 1.38 bits per heavy atom. The molecular weight excluding hydrogens is 286 g/mol. The smallest absolute Gasteiger partial charge is 0.179 e. The van der Waals surface area contributed by atoms with Crippen LogP contribution in [-0.2, 0) is 0 Å². The summed E-state index contributed by atoms with van der Waals surface area (Å²) >= 11 is 6.28. The minimum atomic E-state index is 0.584. The standard InChI is InChI=1S/C17H24ClNO2/c1-4-12(11-19-14-6-7-14)8-13-9-15(18)17(20-3)16(10-13)21-5-2/h8-10,14,19H,4-7,11H2,1-3H3. The van der Waals surface area contributed by atoms with Crippen molar-refractivity contribution in [2.45, 2.75) is 39.2 Å². The van der Waals surface area contributed by atoms with Gasteiger partial charge in [0.05, 0.1) is 18.7 Å². The summed E-state index contributed by atoms with van der Waals surface area (Å²) in [7, 11) is 1.61. The van der Waals surface area contributed by atoms with Crippen LogP contribution in [0.2, 0.25) is 5.02 Å². The minimum absolute atomic E-state index is 0.584. The van der Waals surface area contributed by atoms with E-state index >= 15 is 0 Å². The van der Waals surface area contributed by atoms with Crippen molar-refractivity contribution in [1.82, 2.24) is 5.32 Å². The maximum Gasteiger partial charge on any atom is 0.179 e. The number of nitrogens with one attached hydrogen (secondary N) is 1. The molecule has 0 spiro atoms. The van der Waals surface area contributed by atoms with E-state index in [0.29, 0.717) is 23.1 Å². The molecule has 116 valence electrons. The molecule has 0 unspecified atom stereocenters. The molecule has 1 N–H and O–H groups in total. The molecule has 0 heterocycles. The molecular formula is C17H24ClNO2. The van der Waals surface area contributed by atoms with Crippen LogP contribution in [0.25, 0.3) is 6.08 Å². The van der Waals surface area contributed by atoms with E-state index in [1.807, 2.05) is 19.1 Å². The van der Waals surface area contributed by atoms with Gasteiger partial charge in [-0.1, -0.05) is 30.2 Å². The number of hydrogen-bond donors (Lipinski definition) is 1.